The van der Waals surface area contributed by atoms with Gasteiger partial charge in [0.15, 0.2) is 0 Å². The Morgan fingerprint density at radius 3 is 2.08 bits per heavy atom. The Kier molecular flexibility index (Phi) is 4.71. The fraction of sp³-hybridized carbons (Fsp3) is 0. The third-order valence-corrected chi connectivity index (χ3v) is 3.56. The number of nitrogens with zero attached hydrogens (tertiary/aromatic N) is 2. The van der Waals surface area contributed by atoms with Crippen LogP contribution in [-0.4, -0.2) is 15.7 Å². The van der Waals surface area contributed by atoms with Crippen molar-refractivity contribution in [1.29, 1.82) is 0 Å². The van der Waals surface area contributed by atoms with E-state index in [-0.39, 0.29) is 11.4 Å². The van der Waals surface area contributed by atoms with E-state index < -0.39 is 4.92 Å². The first-order valence-corrected chi connectivity index (χ1v) is 7.56. The molecule has 0 bridgehead atoms. The van der Waals surface area contributed by atoms with E-state index in [2.05, 4.69) is 10.5 Å². The molecule has 0 saturated heterocycles. The molecule has 0 fully saturated rings. The molecule has 0 spiro atoms. The number of aromatic hydroxyl groups is 1. The Balaban J connectivity index is 1.92. The van der Waals surface area contributed by atoms with Crippen molar-refractivity contribution in [3.8, 4) is 5.75 Å². The van der Waals surface area contributed by atoms with Gasteiger partial charge in [-0.2, -0.15) is 5.10 Å². The van der Waals surface area contributed by atoms with Crippen molar-refractivity contribution in [3.63, 3.8) is 0 Å². The summed E-state index contributed by atoms with van der Waals surface area (Å²) >= 11 is 0. The SMILES string of the molecule is O=[N+]([O-])c1ccc(N/N=C(\c2ccccc2)c2ccc(O)cc2)cc1. The summed E-state index contributed by atoms with van der Waals surface area (Å²) in [6.45, 7) is 0. The summed E-state index contributed by atoms with van der Waals surface area (Å²) in [5, 5.41) is 24.6. The summed E-state index contributed by atoms with van der Waals surface area (Å²) in [4.78, 5) is 10.3. The van der Waals surface area contributed by atoms with Gasteiger partial charge in [-0.1, -0.05) is 30.3 Å². The van der Waals surface area contributed by atoms with Crippen LogP contribution < -0.4 is 5.43 Å². The summed E-state index contributed by atoms with van der Waals surface area (Å²) < 4.78 is 0. The fourth-order valence-electron chi connectivity index (χ4n) is 2.29. The maximum atomic E-state index is 10.7. The number of nitrogens with one attached hydrogen (secondary N) is 1. The molecule has 0 aliphatic carbocycles. The quantitative estimate of drug-likeness (QED) is 0.417. The van der Waals surface area contributed by atoms with Crippen LogP contribution in [0.15, 0.2) is 84.0 Å². The third-order valence-electron chi connectivity index (χ3n) is 3.56. The number of nitro benzene ring substituents is 1. The molecule has 3 aromatic carbocycles. The molecular formula is C19H15N3O3. The molecule has 0 aliphatic heterocycles. The number of hydrazone groups is 1. The molecular weight excluding hydrogens is 318 g/mol. The van der Waals surface area contributed by atoms with Gasteiger partial charge in [0.05, 0.1) is 16.3 Å². The molecule has 0 unspecified atom stereocenters. The first-order chi connectivity index (χ1) is 12.1. The minimum absolute atomic E-state index is 0.0244. The van der Waals surface area contributed by atoms with Crippen LogP contribution in [0.5, 0.6) is 5.75 Å². The van der Waals surface area contributed by atoms with Crippen molar-refractivity contribution < 1.29 is 10.0 Å². The lowest BCUT2D eigenvalue weighted by Gasteiger charge is -2.09. The molecule has 0 aromatic heterocycles. The standard InChI is InChI=1S/C19H15N3O3/c23-18-12-6-15(7-13-18)19(14-4-2-1-3-5-14)21-20-16-8-10-17(11-9-16)22(24)25/h1-13,20,23H/b21-19+. The highest BCUT2D eigenvalue weighted by Crippen LogP contribution is 2.18. The summed E-state index contributed by atoms with van der Waals surface area (Å²) in [6.07, 6.45) is 0. The molecule has 0 heterocycles. The van der Waals surface area contributed by atoms with Crippen LogP contribution >= 0.6 is 0 Å². The Morgan fingerprint density at radius 2 is 1.48 bits per heavy atom. The van der Waals surface area contributed by atoms with Gasteiger partial charge in [0.25, 0.3) is 5.69 Å². The molecule has 2 N–H and O–H groups in total. The van der Waals surface area contributed by atoms with Crippen molar-refractivity contribution in [2.75, 3.05) is 5.43 Å². The summed E-state index contributed by atoms with van der Waals surface area (Å²) in [7, 11) is 0. The molecule has 0 atom stereocenters. The van der Waals surface area contributed by atoms with E-state index in [4.69, 9.17) is 0 Å². The maximum absolute atomic E-state index is 10.7. The molecule has 25 heavy (non-hydrogen) atoms. The van der Waals surface area contributed by atoms with E-state index in [1.54, 1.807) is 36.4 Å². The molecule has 3 aromatic rings. The molecule has 6 nitrogen and oxygen atoms in total. The molecule has 0 amide bonds. The molecule has 6 heteroatoms. The minimum Gasteiger partial charge on any atom is -0.508 e. The van der Waals surface area contributed by atoms with Crippen LogP contribution in [-0.2, 0) is 0 Å². The fourth-order valence-corrected chi connectivity index (χ4v) is 2.29. The lowest BCUT2D eigenvalue weighted by atomic mass is 10.0. The minimum atomic E-state index is -0.446. The van der Waals surface area contributed by atoms with E-state index in [1.807, 2.05) is 30.3 Å². The smallest absolute Gasteiger partial charge is 0.269 e. The van der Waals surface area contributed by atoms with Crippen molar-refractivity contribution in [2.24, 2.45) is 5.10 Å². The van der Waals surface area contributed by atoms with Crippen LogP contribution in [0.25, 0.3) is 0 Å². The number of hydrogen-bond donors (Lipinski definition) is 2. The van der Waals surface area contributed by atoms with Crippen LogP contribution in [0.2, 0.25) is 0 Å². The van der Waals surface area contributed by atoms with Gasteiger partial charge in [0, 0.05) is 23.3 Å². The van der Waals surface area contributed by atoms with Gasteiger partial charge in [-0.25, -0.2) is 0 Å². The number of benzene rings is 3. The van der Waals surface area contributed by atoms with Crippen molar-refractivity contribution >= 4 is 17.1 Å². The van der Waals surface area contributed by atoms with E-state index >= 15 is 0 Å². The van der Waals surface area contributed by atoms with Crippen LogP contribution in [0.4, 0.5) is 11.4 Å². The number of anilines is 1. The molecule has 3 rings (SSSR count). The number of hydrogen-bond acceptors (Lipinski definition) is 5. The largest absolute Gasteiger partial charge is 0.508 e. The second kappa shape index (κ2) is 7.27. The molecule has 124 valence electrons. The number of rotatable bonds is 5. The number of phenolic OH excluding ortho intramolecular Hbond substituents is 1. The van der Waals surface area contributed by atoms with Crippen LogP contribution in [0.1, 0.15) is 11.1 Å². The molecule has 0 radical (unpaired) electrons. The first kappa shape index (κ1) is 16.2. The predicted molar refractivity (Wildman–Crippen MR) is 96.9 cm³/mol. The van der Waals surface area contributed by atoms with Crippen molar-refractivity contribution in [3.05, 3.63) is 100 Å². The third kappa shape index (κ3) is 4.00. The summed E-state index contributed by atoms with van der Waals surface area (Å²) in [5.74, 6) is 0.180. The van der Waals surface area contributed by atoms with E-state index in [0.717, 1.165) is 11.1 Å². The highest BCUT2D eigenvalue weighted by Gasteiger charge is 2.08. The van der Waals surface area contributed by atoms with Gasteiger partial charge in [-0.3, -0.25) is 15.5 Å². The molecule has 0 saturated carbocycles. The Labute approximate surface area is 144 Å². The van der Waals surface area contributed by atoms with Gasteiger partial charge >= 0.3 is 0 Å². The summed E-state index contributed by atoms with van der Waals surface area (Å²) in [6, 6.07) is 22.4. The van der Waals surface area contributed by atoms with Crippen molar-refractivity contribution in [1.82, 2.24) is 0 Å². The number of nitro groups is 1. The van der Waals surface area contributed by atoms with Crippen molar-refractivity contribution in [2.45, 2.75) is 0 Å². The predicted octanol–water partition coefficient (Wildman–Crippen LogP) is 4.16. The van der Waals surface area contributed by atoms with E-state index in [0.29, 0.717) is 11.4 Å². The van der Waals surface area contributed by atoms with Gasteiger partial charge < -0.3 is 5.11 Å². The second-order valence-corrected chi connectivity index (χ2v) is 5.29. The lowest BCUT2D eigenvalue weighted by molar-refractivity contribution is -0.384. The monoisotopic (exact) mass is 333 g/mol. The Morgan fingerprint density at radius 1 is 0.880 bits per heavy atom. The maximum Gasteiger partial charge on any atom is 0.269 e. The van der Waals surface area contributed by atoms with Gasteiger partial charge in [0.1, 0.15) is 5.75 Å². The van der Waals surface area contributed by atoms with Gasteiger partial charge in [0.2, 0.25) is 0 Å². The summed E-state index contributed by atoms with van der Waals surface area (Å²) in [5.41, 5.74) is 6.02. The highest BCUT2D eigenvalue weighted by molar-refractivity contribution is 6.13. The molecule has 0 aliphatic rings. The number of phenols is 1. The average molecular weight is 333 g/mol. The Bertz CT molecular complexity index is 889. The normalized spacial score (nSPS) is 11.1. The lowest BCUT2D eigenvalue weighted by Crippen LogP contribution is -2.06. The zero-order valence-electron chi connectivity index (χ0n) is 13.2. The topological polar surface area (TPSA) is 87.8 Å². The zero-order valence-corrected chi connectivity index (χ0v) is 13.2. The van der Waals surface area contributed by atoms with Gasteiger partial charge in [-0.15, -0.1) is 0 Å². The van der Waals surface area contributed by atoms with Gasteiger partial charge in [-0.05, 0) is 36.4 Å². The zero-order chi connectivity index (χ0) is 17.6. The van der Waals surface area contributed by atoms with E-state index in [1.165, 1.54) is 12.1 Å². The van der Waals surface area contributed by atoms with Crippen LogP contribution in [0.3, 0.4) is 0 Å². The average Bonchev–Trinajstić information content (AvgIpc) is 2.64. The first-order valence-electron chi connectivity index (χ1n) is 7.56. The highest BCUT2D eigenvalue weighted by atomic mass is 16.6. The Hall–Kier alpha value is -3.67. The second-order valence-electron chi connectivity index (χ2n) is 5.29. The van der Waals surface area contributed by atoms with E-state index in [9.17, 15) is 15.2 Å². The number of non-ortho nitro benzene ring substituents is 1. The van der Waals surface area contributed by atoms with Crippen LogP contribution in [0, 0.1) is 10.1 Å².